The molecule has 1 rings (SSSR count). The van der Waals surface area contributed by atoms with Crippen molar-refractivity contribution in [1.82, 2.24) is 5.32 Å². The summed E-state index contributed by atoms with van der Waals surface area (Å²) >= 11 is 0. The molecule has 1 aliphatic rings. The smallest absolute Gasteiger partial charge is 0.306 e. The van der Waals surface area contributed by atoms with Gasteiger partial charge in [-0.2, -0.15) is 0 Å². The molecule has 2 N–H and O–H groups in total. The highest BCUT2D eigenvalue weighted by molar-refractivity contribution is 5.77. The molecule has 0 unspecified atom stereocenters. The van der Waals surface area contributed by atoms with Gasteiger partial charge in [-0.1, -0.05) is 13.8 Å². The van der Waals surface area contributed by atoms with Gasteiger partial charge in [0, 0.05) is 6.54 Å². The Morgan fingerprint density at radius 3 is 2.39 bits per heavy atom. The lowest BCUT2D eigenvalue weighted by molar-refractivity contribution is -0.144. The van der Waals surface area contributed by atoms with Gasteiger partial charge in [-0.3, -0.25) is 9.59 Å². The summed E-state index contributed by atoms with van der Waals surface area (Å²) in [6.45, 7) is 4.81. The van der Waals surface area contributed by atoms with Crippen LogP contribution in [0.25, 0.3) is 0 Å². The lowest BCUT2D eigenvalue weighted by atomic mass is 9.87. The summed E-state index contributed by atoms with van der Waals surface area (Å²) < 4.78 is 5.50. The van der Waals surface area contributed by atoms with E-state index in [1.54, 1.807) is 0 Å². The average Bonchev–Trinajstić information content (AvgIpc) is 2.34. The number of amides is 1. The Balaban J connectivity index is 2.14. The van der Waals surface area contributed by atoms with Crippen molar-refractivity contribution < 1.29 is 19.4 Å². The fraction of sp³-hybridized carbons (Fsp3) is 0.846. The summed E-state index contributed by atoms with van der Waals surface area (Å²) in [5, 5.41) is 11.7. The molecule has 0 saturated heterocycles. The van der Waals surface area contributed by atoms with E-state index in [0.717, 1.165) is 12.8 Å². The van der Waals surface area contributed by atoms with Gasteiger partial charge in [0.1, 0.15) is 6.61 Å². The highest BCUT2D eigenvalue weighted by Gasteiger charge is 2.26. The van der Waals surface area contributed by atoms with Crippen LogP contribution in [0.15, 0.2) is 0 Å². The third-order valence-electron chi connectivity index (χ3n) is 3.18. The van der Waals surface area contributed by atoms with Crippen LogP contribution < -0.4 is 5.32 Å². The van der Waals surface area contributed by atoms with Crippen LogP contribution in [0.1, 0.15) is 39.5 Å². The number of nitrogens with one attached hydrogen (secondary N) is 1. The number of hydrogen-bond acceptors (Lipinski definition) is 3. The lowest BCUT2D eigenvalue weighted by Gasteiger charge is -2.26. The molecule has 0 aliphatic heterocycles. The Morgan fingerprint density at radius 1 is 1.28 bits per heavy atom. The highest BCUT2D eigenvalue weighted by atomic mass is 16.5. The van der Waals surface area contributed by atoms with Gasteiger partial charge >= 0.3 is 5.97 Å². The first-order chi connectivity index (χ1) is 8.49. The largest absolute Gasteiger partial charge is 0.481 e. The normalized spacial score (nSPS) is 23.9. The predicted molar refractivity (Wildman–Crippen MR) is 67.2 cm³/mol. The first-order valence-electron chi connectivity index (χ1n) is 6.60. The summed E-state index contributed by atoms with van der Waals surface area (Å²) in [7, 11) is 0. The number of hydrogen-bond donors (Lipinski definition) is 2. The Hall–Kier alpha value is -1.10. The molecule has 0 aromatic rings. The van der Waals surface area contributed by atoms with Gasteiger partial charge in [-0.15, -0.1) is 0 Å². The topological polar surface area (TPSA) is 75.6 Å². The summed E-state index contributed by atoms with van der Waals surface area (Å²) in [4.78, 5) is 22.2. The van der Waals surface area contributed by atoms with Crippen LogP contribution in [-0.4, -0.2) is 36.2 Å². The molecule has 0 heterocycles. The molecule has 0 radical (unpaired) electrons. The van der Waals surface area contributed by atoms with E-state index in [0.29, 0.717) is 25.3 Å². The fourth-order valence-electron chi connectivity index (χ4n) is 2.04. The molecule has 5 nitrogen and oxygen atoms in total. The van der Waals surface area contributed by atoms with Gasteiger partial charge in [-0.25, -0.2) is 0 Å². The van der Waals surface area contributed by atoms with Gasteiger partial charge < -0.3 is 15.2 Å². The molecule has 1 amide bonds. The summed E-state index contributed by atoms with van der Waals surface area (Å²) in [6, 6.07) is 0. The minimum absolute atomic E-state index is 0.0328. The molecule has 0 aromatic carbocycles. The summed E-state index contributed by atoms with van der Waals surface area (Å²) in [6.07, 6.45) is 2.79. The molecule has 1 aliphatic carbocycles. The number of carbonyl (C=O) groups excluding carboxylic acids is 1. The van der Waals surface area contributed by atoms with Crippen LogP contribution >= 0.6 is 0 Å². The molecular weight excluding hydrogens is 234 g/mol. The van der Waals surface area contributed by atoms with Gasteiger partial charge in [0.05, 0.1) is 12.0 Å². The monoisotopic (exact) mass is 257 g/mol. The predicted octanol–water partition coefficient (Wildman–Crippen LogP) is 1.42. The van der Waals surface area contributed by atoms with Gasteiger partial charge in [0.15, 0.2) is 0 Å². The molecule has 0 atom stereocenters. The number of carbonyl (C=O) groups is 2. The standard InChI is InChI=1S/C13H23NO4/c1-9(2)7-14-12(15)8-18-11-5-3-10(4-6-11)13(16)17/h9-11H,3-8H2,1-2H3,(H,14,15)(H,16,17). The van der Waals surface area contributed by atoms with Crippen molar-refractivity contribution in [2.24, 2.45) is 11.8 Å². The van der Waals surface area contributed by atoms with Crippen LogP contribution in [0, 0.1) is 11.8 Å². The van der Waals surface area contributed by atoms with Crippen LogP contribution in [0.2, 0.25) is 0 Å². The van der Waals surface area contributed by atoms with Crippen LogP contribution in [0.4, 0.5) is 0 Å². The zero-order valence-corrected chi connectivity index (χ0v) is 11.1. The molecule has 0 bridgehead atoms. The Morgan fingerprint density at radius 2 is 1.89 bits per heavy atom. The Bertz CT molecular complexity index is 283. The van der Waals surface area contributed by atoms with Crippen molar-refractivity contribution in [3.63, 3.8) is 0 Å². The minimum Gasteiger partial charge on any atom is -0.481 e. The molecule has 5 heteroatoms. The first kappa shape index (κ1) is 15.0. The van der Waals surface area contributed by atoms with E-state index in [-0.39, 0.29) is 24.5 Å². The van der Waals surface area contributed by atoms with Crippen molar-refractivity contribution >= 4 is 11.9 Å². The Labute approximate surface area is 108 Å². The van der Waals surface area contributed by atoms with E-state index in [1.807, 2.05) is 13.8 Å². The van der Waals surface area contributed by atoms with Crippen LogP contribution in [0.3, 0.4) is 0 Å². The maximum atomic E-state index is 11.4. The van der Waals surface area contributed by atoms with Crippen LogP contribution in [0.5, 0.6) is 0 Å². The van der Waals surface area contributed by atoms with Gasteiger partial charge in [0.2, 0.25) is 5.91 Å². The van der Waals surface area contributed by atoms with Crippen molar-refractivity contribution in [1.29, 1.82) is 0 Å². The van der Waals surface area contributed by atoms with E-state index in [9.17, 15) is 9.59 Å². The molecule has 1 fully saturated rings. The average molecular weight is 257 g/mol. The highest BCUT2D eigenvalue weighted by Crippen LogP contribution is 2.26. The van der Waals surface area contributed by atoms with Crippen molar-refractivity contribution in [3.8, 4) is 0 Å². The Kier molecular flexibility index (Phi) is 6.12. The second-order valence-corrected chi connectivity index (χ2v) is 5.32. The molecule has 0 spiro atoms. The van der Waals surface area contributed by atoms with Crippen LogP contribution in [-0.2, 0) is 14.3 Å². The van der Waals surface area contributed by atoms with E-state index in [1.165, 1.54) is 0 Å². The lowest BCUT2D eigenvalue weighted by Crippen LogP contribution is -2.33. The number of ether oxygens (including phenoxy) is 1. The van der Waals surface area contributed by atoms with Crippen molar-refractivity contribution in [2.75, 3.05) is 13.2 Å². The second-order valence-electron chi connectivity index (χ2n) is 5.32. The zero-order valence-electron chi connectivity index (χ0n) is 11.1. The number of carboxylic acid groups (broad SMARTS) is 1. The number of carboxylic acids is 1. The van der Waals surface area contributed by atoms with Crippen molar-refractivity contribution in [2.45, 2.75) is 45.6 Å². The van der Waals surface area contributed by atoms with Crippen molar-refractivity contribution in [3.05, 3.63) is 0 Å². The number of rotatable bonds is 6. The molecule has 1 saturated carbocycles. The molecule has 104 valence electrons. The molecule has 0 aromatic heterocycles. The third-order valence-corrected chi connectivity index (χ3v) is 3.18. The molecule has 18 heavy (non-hydrogen) atoms. The summed E-state index contributed by atoms with van der Waals surface area (Å²) in [5.41, 5.74) is 0. The number of aliphatic carboxylic acids is 1. The summed E-state index contributed by atoms with van der Waals surface area (Å²) in [5.74, 6) is -0.619. The van der Waals surface area contributed by atoms with E-state index in [2.05, 4.69) is 5.32 Å². The fourth-order valence-corrected chi connectivity index (χ4v) is 2.04. The van der Waals surface area contributed by atoms with E-state index < -0.39 is 5.97 Å². The maximum absolute atomic E-state index is 11.4. The maximum Gasteiger partial charge on any atom is 0.306 e. The zero-order chi connectivity index (χ0) is 13.5. The van der Waals surface area contributed by atoms with Gasteiger partial charge in [0.25, 0.3) is 0 Å². The van der Waals surface area contributed by atoms with Gasteiger partial charge in [-0.05, 0) is 31.6 Å². The van der Waals surface area contributed by atoms with E-state index >= 15 is 0 Å². The second kappa shape index (κ2) is 7.36. The third kappa shape index (κ3) is 5.49. The SMILES string of the molecule is CC(C)CNC(=O)COC1CCC(C(=O)O)CC1. The first-order valence-corrected chi connectivity index (χ1v) is 6.60. The van der Waals surface area contributed by atoms with E-state index in [4.69, 9.17) is 9.84 Å². The minimum atomic E-state index is -0.719. The molecular formula is C13H23NO4. The quantitative estimate of drug-likeness (QED) is 0.754.